The summed E-state index contributed by atoms with van der Waals surface area (Å²) in [4.78, 5) is 14.9. The molecule has 0 unspecified atom stereocenters. The van der Waals surface area contributed by atoms with Crippen LogP contribution in [0, 0.1) is 0 Å². The molecule has 13 aromatic carbocycles. The van der Waals surface area contributed by atoms with E-state index in [-0.39, 0.29) is 4.70 Å². The fourth-order valence-electron chi connectivity index (χ4n) is 12.7. The van der Waals surface area contributed by atoms with Crippen LogP contribution in [-0.2, 0) is 0 Å². The molecule has 0 radical (unpaired) electrons. The number of hydrogen-bond donors (Lipinski definition) is 0. The minimum Gasteiger partial charge on any atom is -0.309 e. The third-order valence-corrected chi connectivity index (χ3v) is 17.3. The first kappa shape index (κ1) is 54.3. The Morgan fingerprint density at radius 3 is 0.933 bits per heavy atom. The monoisotopic (exact) mass is 1210 g/mol. The topological polar surface area (TPSA) is 53.5 Å². The third kappa shape index (κ3) is 10.0. The Bertz CT molecular complexity index is 5410. The van der Waals surface area contributed by atoms with E-state index in [0.29, 0.717) is 17.5 Å². The van der Waals surface area contributed by atoms with E-state index in [1.807, 2.05) is 60.7 Å². The second-order valence-corrected chi connectivity index (χ2v) is 23.0. The van der Waals surface area contributed by atoms with E-state index in [2.05, 4.69) is 290 Å². The van der Waals surface area contributed by atoms with Gasteiger partial charge in [-0.05, 0) is 143 Å². The van der Waals surface area contributed by atoms with Crippen molar-refractivity contribution in [3.05, 3.63) is 326 Å². The molecule has 0 saturated heterocycles. The lowest BCUT2D eigenvalue weighted by molar-refractivity contribution is 1.07. The lowest BCUT2D eigenvalue weighted by atomic mass is 10.0. The molecular weight excluding hydrogens is 1160 g/mol. The van der Waals surface area contributed by atoms with Gasteiger partial charge >= 0.3 is 0 Å². The maximum atomic E-state index is 5.01. The smallest absolute Gasteiger partial charge is 0.164 e. The molecule has 0 amide bonds. The Labute approximate surface area is 522 Å². The van der Waals surface area contributed by atoms with Gasteiger partial charge in [-0.15, -0.1) is 0 Å². The SMILES string of the molecule is Brc1cccc(-c2ccc3c(c2)c2ccccc2n3-c2ccccc2)c1.F.c1ccc(-c2nc(-c3ccccc3)nc(-c3cccc(-c4ccc5c(c4)c4ccccc4n5-c4cccc(-c5ccc6c(c5)c5ccccc5n6-c5ccccc5)c4)c3)n2)cc1. The van der Waals surface area contributed by atoms with Crippen LogP contribution in [0.3, 0.4) is 0 Å². The number of nitrogens with zero attached hydrogens (tertiary/aromatic N) is 6. The summed E-state index contributed by atoms with van der Waals surface area (Å²) >= 11 is 3.58. The minimum atomic E-state index is 0. The van der Waals surface area contributed by atoms with Gasteiger partial charge in [-0.1, -0.05) is 228 Å². The molecule has 0 aliphatic carbocycles. The van der Waals surface area contributed by atoms with Gasteiger partial charge in [0.25, 0.3) is 0 Å². The number of para-hydroxylation sites is 5. The molecule has 17 aromatic rings. The second kappa shape index (κ2) is 23.2. The second-order valence-electron chi connectivity index (χ2n) is 22.1. The van der Waals surface area contributed by atoms with Gasteiger partial charge in [0.05, 0.1) is 33.1 Å². The van der Waals surface area contributed by atoms with Crippen LogP contribution in [0.5, 0.6) is 0 Å². The Morgan fingerprint density at radius 1 is 0.202 bits per heavy atom. The molecule has 4 aromatic heterocycles. The summed E-state index contributed by atoms with van der Waals surface area (Å²) in [7, 11) is 0. The van der Waals surface area contributed by atoms with Crippen LogP contribution in [0.25, 0.3) is 150 Å². The van der Waals surface area contributed by atoms with Crippen LogP contribution in [0.1, 0.15) is 0 Å². The summed E-state index contributed by atoms with van der Waals surface area (Å²) in [6.45, 7) is 0. The van der Waals surface area contributed by atoms with Crippen molar-refractivity contribution in [1.82, 2.24) is 28.7 Å². The zero-order valence-electron chi connectivity index (χ0n) is 48.1. The molecule has 0 aliphatic rings. The lowest BCUT2D eigenvalue weighted by Crippen LogP contribution is -2.00. The van der Waals surface area contributed by atoms with Crippen molar-refractivity contribution in [2.24, 2.45) is 0 Å². The van der Waals surface area contributed by atoms with E-state index in [4.69, 9.17) is 15.0 Å². The average Bonchev–Trinajstić information content (AvgIpc) is 1.90. The Balaban J connectivity index is 0.000000205. The standard InChI is InChI=1S/C57H37N5.C24H16BrN.FH/c1-4-16-38(17-5-1)55-58-56(39-18-6-2-7-19-39)60-57(59-55)44-22-14-20-40(34-44)42-30-33-54-50(36-42)48-27-11-13-29-52(48)62(54)46-25-15-21-41(35-46)43-31-32-53-49(37-43)47-26-10-12-28-51(47)61(53)45-23-8-3-9-24-45;25-19-8-6-7-17(15-19)18-13-14-24-22(16-18)21-11-4-5-12-23(21)26(24)20-9-2-1-3-10-20;/h1-37H;1-16H;1H. The van der Waals surface area contributed by atoms with E-state index in [0.717, 1.165) is 49.2 Å². The number of fused-ring (bicyclic) bond motifs is 9. The Hall–Kier alpha value is -11.3. The molecule has 0 fully saturated rings. The highest BCUT2D eigenvalue weighted by Crippen LogP contribution is 2.40. The van der Waals surface area contributed by atoms with E-state index in [1.54, 1.807) is 0 Å². The molecule has 422 valence electrons. The predicted octanol–water partition coefficient (Wildman–Crippen LogP) is 21.8. The fraction of sp³-hybridized carbons (Fsp3) is 0. The summed E-state index contributed by atoms with van der Waals surface area (Å²) in [5.74, 6) is 1.93. The van der Waals surface area contributed by atoms with Crippen LogP contribution in [0.15, 0.2) is 326 Å². The van der Waals surface area contributed by atoms with Crippen LogP contribution in [0.2, 0.25) is 0 Å². The van der Waals surface area contributed by atoms with Gasteiger partial charge in [0, 0.05) is 70.5 Å². The van der Waals surface area contributed by atoms with Crippen molar-refractivity contribution in [1.29, 1.82) is 0 Å². The minimum absolute atomic E-state index is 0. The normalized spacial score (nSPS) is 11.3. The van der Waals surface area contributed by atoms with Gasteiger partial charge < -0.3 is 13.7 Å². The maximum Gasteiger partial charge on any atom is 0.164 e. The molecule has 4 heterocycles. The average molecular weight is 1210 g/mol. The highest BCUT2D eigenvalue weighted by molar-refractivity contribution is 9.10. The van der Waals surface area contributed by atoms with E-state index in [9.17, 15) is 0 Å². The van der Waals surface area contributed by atoms with Gasteiger partial charge in [0.15, 0.2) is 17.5 Å². The number of halogens is 2. The third-order valence-electron chi connectivity index (χ3n) is 16.8. The van der Waals surface area contributed by atoms with Gasteiger partial charge in [-0.25, -0.2) is 15.0 Å². The molecule has 0 aliphatic heterocycles. The highest BCUT2D eigenvalue weighted by atomic mass is 79.9. The summed E-state index contributed by atoms with van der Waals surface area (Å²) in [5, 5.41) is 7.45. The lowest BCUT2D eigenvalue weighted by Gasteiger charge is -2.12. The maximum absolute atomic E-state index is 5.01. The molecule has 89 heavy (non-hydrogen) atoms. The van der Waals surface area contributed by atoms with Crippen LogP contribution in [0.4, 0.5) is 4.70 Å². The van der Waals surface area contributed by atoms with E-state index in [1.165, 1.54) is 87.8 Å². The van der Waals surface area contributed by atoms with Gasteiger partial charge in [0.1, 0.15) is 0 Å². The molecule has 0 N–H and O–H groups in total. The molecule has 6 nitrogen and oxygen atoms in total. The first-order valence-electron chi connectivity index (χ1n) is 29.6. The fourth-order valence-corrected chi connectivity index (χ4v) is 13.1. The predicted molar refractivity (Wildman–Crippen MR) is 372 cm³/mol. The highest BCUT2D eigenvalue weighted by Gasteiger charge is 2.19. The summed E-state index contributed by atoms with van der Waals surface area (Å²) in [6.07, 6.45) is 0. The quantitative estimate of drug-likeness (QED) is 0.145. The van der Waals surface area contributed by atoms with Crippen molar-refractivity contribution in [3.8, 4) is 84.6 Å². The molecule has 0 spiro atoms. The van der Waals surface area contributed by atoms with Crippen molar-refractivity contribution in [2.45, 2.75) is 0 Å². The Morgan fingerprint density at radius 2 is 0.494 bits per heavy atom. The largest absolute Gasteiger partial charge is 0.309 e. The first-order valence-corrected chi connectivity index (χ1v) is 30.4. The summed E-state index contributed by atoms with van der Waals surface area (Å²) in [6, 6.07) is 114. The molecular formula is C81H54BrFN6. The molecule has 0 bridgehead atoms. The van der Waals surface area contributed by atoms with Crippen molar-refractivity contribution < 1.29 is 4.70 Å². The van der Waals surface area contributed by atoms with Crippen molar-refractivity contribution in [2.75, 3.05) is 0 Å². The zero-order valence-corrected chi connectivity index (χ0v) is 49.7. The number of aromatic nitrogens is 6. The molecule has 8 heteroatoms. The van der Waals surface area contributed by atoms with Crippen molar-refractivity contribution >= 4 is 81.3 Å². The van der Waals surface area contributed by atoms with E-state index >= 15 is 0 Å². The van der Waals surface area contributed by atoms with E-state index < -0.39 is 0 Å². The van der Waals surface area contributed by atoms with Gasteiger partial charge in [-0.3, -0.25) is 4.70 Å². The summed E-state index contributed by atoms with van der Waals surface area (Å²) < 4.78 is 8.20. The molecule has 17 rings (SSSR count). The Kier molecular flexibility index (Phi) is 14.1. The number of rotatable bonds is 9. The summed E-state index contributed by atoms with van der Waals surface area (Å²) in [5.41, 5.74) is 20.5. The first-order chi connectivity index (χ1) is 43.5. The zero-order chi connectivity index (χ0) is 58.5. The van der Waals surface area contributed by atoms with Crippen LogP contribution in [-0.4, -0.2) is 28.7 Å². The number of benzene rings is 13. The number of hydrogen-bond acceptors (Lipinski definition) is 3. The molecule has 0 saturated carbocycles. The van der Waals surface area contributed by atoms with Crippen molar-refractivity contribution in [3.63, 3.8) is 0 Å². The molecule has 0 atom stereocenters. The van der Waals surface area contributed by atoms with Gasteiger partial charge in [-0.2, -0.15) is 0 Å². The van der Waals surface area contributed by atoms with Crippen LogP contribution >= 0.6 is 15.9 Å². The van der Waals surface area contributed by atoms with Crippen LogP contribution < -0.4 is 0 Å². The van der Waals surface area contributed by atoms with Gasteiger partial charge in [0.2, 0.25) is 0 Å².